The first-order valence-corrected chi connectivity index (χ1v) is 16.6. The van der Waals surface area contributed by atoms with Crippen molar-refractivity contribution in [2.45, 2.75) is 36.7 Å². The zero-order chi connectivity index (χ0) is 35.2. The number of nitriles is 1. The fourth-order valence-corrected chi connectivity index (χ4v) is 7.04. The smallest absolute Gasteiger partial charge is 0.475 e. The maximum absolute atomic E-state index is 13.5. The number of rotatable bonds is 8. The molecular formula is C31H26ClF3N4O7S2. The fourth-order valence-electron chi connectivity index (χ4n) is 4.68. The molecule has 2 amide bonds. The van der Waals surface area contributed by atoms with E-state index in [1.54, 1.807) is 29.2 Å². The molecule has 1 aliphatic rings. The number of benzene rings is 3. The molecule has 252 valence electrons. The Hall–Kier alpha value is -4.69. The van der Waals surface area contributed by atoms with Crippen LogP contribution < -0.4 is 5.32 Å². The number of alkyl halides is 3. The van der Waals surface area contributed by atoms with Gasteiger partial charge in [0.2, 0.25) is 15.9 Å². The maximum atomic E-state index is 13.5. The van der Waals surface area contributed by atoms with Crippen molar-refractivity contribution in [3.63, 3.8) is 0 Å². The highest BCUT2D eigenvalue weighted by molar-refractivity contribution is 7.89. The fraction of sp³-hybridized carbons (Fsp3) is 0.226. The topological polar surface area (TPSA) is 157 Å². The number of fused-ring (bicyclic) bond motifs is 1. The Balaban J connectivity index is 0.000000671. The first kappa shape index (κ1) is 36.2. The molecule has 4 aromatic rings. The van der Waals surface area contributed by atoms with Crippen molar-refractivity contribution in [3.05, 3.63) is 93.1 Å². The summed E-state index contributed by atoms with van der Waals surface area (Å²) in [5.41, 5.74) is 2.01. The van der Waals surface area contributed by atoms with E-state index in [2.05, 4.69) is 11.4 Å². The molecule has 2 heterocycles. The monoisotopic (exact) mass is 722 g/mol. The molecule has 0 radical (unpaired) electrons. The molecule has 5 rings (SSSR count). The van der Waals surface area contributed by atoms with E-state index < -0.39 is 34.3 Å². The van der Waals surface area contributed by atoms with Crippen molar-refractivity contribution < 1.29 is 45.8 Å². The van der Waals surface area contributed by atoms with E-state index >= 15 is 0 Å². The molecule has 1 aliphatic heterocycles. The predicted octanol–water partition coefficient (Wildman–Crippen LogP) is 6.23. The molecular weight excluding hydrogens is 697 g/mol. The van der Waals surface area contributed by atoms with Gasteiger partial charge in [0, 0.05) is 25.5 Å². The van der Waals surface area contributed by atoms with Crippen LogP contribution in [-0.2, 0) is 37.5 Å². The van der Waals surface area contributed by atoms with Crippen molar-refractivity contribution >= 4 is 67.4 Å². The van der Waals surface area contributed by atoms with Gasteiger partial charge in [0.05, 0.1) is 15.6 Å². The normalized spacial score (nSPS) is 14.7. The minimum Gasteiger partial charge on any atom is -0.475 e. The predicted molar refractivity (Wildman–Crippen MR) is 171 cm³/mol. The summed E-state index contributed by atoms with van der Waals surface area (Å²) < 4.78 is 65.1. The van der Waals surface area contributed by atoms with Crippen molar-refractivity contribution in [2.75, 3.05) is 18.9 Å². The maximum Gasteiger partial charge on any atom is 0.490 e. The minimum atomic E-state index is -5.08. The molecule has 0 unspecified atom stereocenters. The van der Waals surface area contributed by atoms with Gasteiger partial charge in [0.15, 0.2) is 0 Å². The van der Waals surface area contributed by atoms with Crippen molar-refractivity contribution in [3.8, 4) is 6.07 Å². The number of amides is 2. The average Bonchev–Trinajstić information content (AvgIpc) is 3.67. The van der Waals surface area contributed by atoms with Crippen LogP contribution in [0.5, 0.6) is 0 Å². The summed E-state index contributed by atoms with van der Waals surface area (Å²) in [5, 5.41) is 22.0. The molecule has 1 saturated heterocycles. The first-order valence-electron chi connectivity index (χ1n) is 13.9. The molecule has 11 nitrogen and oxygen atoms in total. The lowest BCUT2D eigenvalue weighted by Gasteiger charge is -2.23. The van der Waals surface area contributed by atoms with Crippen molar-refractivity contribution in [1.29, 1.82) is 5.26 Å². The van der Waals surface area contributed by atoms with Crippen LogP contribution in [0.2, 0.25) is 5.02 Å². The van der Waals surface area contributed by atoms with Crippen LogP contribution in [0.15, 0.2) is 77.0 Å². The highest BCUT2D eigenvalue weighted by Crippen LogP contribution is 2.34. The summed E-state index contributed by atoms with van der Waals surface area (Å²) in [5.74, 6) is -3.04. The zero-order valence-electron chi connectivity index (χ0n) is 24.9. The summed E-state index contributed by atoms with van der Waals surface area (Å²) in [6.07, 6.45) is -5.39. The van der Waals surface area contributed by atoms with E-state index in [4.69, 9.17) is 31.5 Å². The van der Waals surface area contributed by atoms with Gasteiger partial charge in [0.1, 0.15) is 23.6 Å². The van der Waals surface area contributed by atoms with Gasteiger partial charge >= 0.3 is 18.2 Å². The third kappa shape index (κ3) is 8.61. The molecule has 0 aliphatic carbocycles. The number of carboxylic acids is 1. The second-order valence-electron chi connectivity index (χ2n) is 10.3. The van der Waals surface area contributed by atoms with Crippen molar-refractivity contribution in [1.82, 2.24) is 9.21 Å². The van der Waals surface area contributed by atoms with Crippen LogP contribution >= 0.6 is 22.9 Å². The lowest BCUT2D eigenvalue weighted by atomic mass is 10.1. The summed E-state index contributed by atoms with van der Waals surface area (Å²) in [7, 11) is -2.60. The van der Waals surface area contributed by atoms with Crippen molar-refractivity contribution in [2.24, 2.45) is 0 Å². The standard InChI is InChI=1S/C29H25ClN4O5S2.C2HF3O2/c1-33(26-11-12-34(28(26)35)16-20-13-22(15-31)40-18-20)41(37,38)23-8-9-24-21(14-23)7-10-25(27(24)30)32-29(36)39-17-19-5-3-2-4-6-19;3-2(4,5)1(6)7/h2-10,13-14,18,26H,11-12,16-17H2,1H3,(H,32,36);(H,6,7)/t26-;/m0./s1. The lowest BCUT2D eigenvalue weighted by Crippen LogP contribution is -2.42. The number of carbonyl (C=O) groups is 3. The highest BCUT2D eigenvalue weighted by atomic mass is 35.5. The van der Waals surface area contributed by atoms with E-state index in [1.807, 2.05) is 35.7 Å². The largest absolute Gasteiger partial charge is 0.490 e. The summed E-state index contributed by atoms with van der Waals surface area (Å²) in [6.45, 7) is 0.841. The van der Waals surface area contributed by atoms with Gasteiger partial charge in [-0.25, -0.2) is 18.0 Å². The number of ether oxygens (including phenoxy) is 1. The summed E-state index contributed by atoms with van der Waals surface area (Å²) >= 11 is 7.86. The minimum absolute atomic E-state index is 0.0225. The zero-order valence-corrected chi connectivity index (χ0v) is 27.3. The number of nitrogens with zero attached hydrogens (tertiary/aromatic N) is 3. The quantitative estimate of drug-likeness (QED) is 0.217. The van der Waals surface area contributed by atoms with Crippen LogP contribution in [0.4, 0.5) is 23.7 Å². The number of carboxylic acid groups (broad SMARTS) is 1. The number of hydrogen-bond donors (Lipinski definition) is 2. The van der Waals surface area contributed by atoms with E-state index in [-0.39, 0.29) is 22.4 Å². The Morgan fingerprint density at radius 1 is 1.15 bits per heavy atom. The van der Waals surface area contributed by atoms with Crippen LogP contribution in [0, 0.1) is 11.3 Å². The Kier molecular flexibility index (Phi) is 11.3. The third-order valence-corrected chi connectivity index (χ3v) is 10.3. The van der Waals surface area contributed by atoms with Gasteiger partial charge in [0.25, 0.3) is 0 Å². The molecule has 17 heteroatoms. The molecule has 0 saturated carbocycles. The van der Waals surface area contributed by atoms with Crippen LogP contribution in [0.25, 0.3) is 10.8 Å². The number of nitrogens with one attached hydrogen (secondary N) is 1. The van der Waals surface area contributed by atoms with Gasteiger partial charge in [-0.1, -0.05) is 54.1 Å². The van der Waals surface area contributed by atoms with Gasteiger partial charge < -0.3 is 14.7 Å². The van der Waals surface area contributed by atoms with Gasteiger partial charge in [-0.05, 0) is 52.6 Å². The lowest BCUT2D eigenvalue weighted by molar-refractivity contribution is -0.192. The molecule has 0 bridgehead atoms. The number of likely N-dealkylation sites (tertiary alicyclic amines) is 1. The third-order valence-electron chi connectivity index (χ3n) is 7.14. The number of hydrogen-bond acceptors (Lipinski definition) is 8. The molecule has 2 N–H and O–H groups in total. The Labute approximate surface area is 281 Å². The van der Waals surface area contributed by atoms with Gasteiger partial charge in [-0.15, -0.1) is 11.3 Å². The highest BCUT2D eigenvalue weighted by Gasteiger charge is 2.40. The second kappa shape index (κ2) is 15.0. The molecule has 3 aromatic carbocycles. The first-order chi connectivity index (χ1) is 22.6. The second-order valence-corrected chi connectivity index (χ2v) is 13.6. The number of halogens is 4. The number of likely N-dealkylation sites (N-methyl/N-ethyl adjacent to an activating group) is 1. The molecule has 0 spiro atoms. The SMILES string of the molecule is CN([C@H]1CCN(Cc2csc(C#N)c2)C1=O)S(=O)(=O)c1ccc2c(Cl)c(NC(=O)OCc3ccccc3)ccc2c1.O=C(O)C(F)(F)F. The van der Waals surface area contributed by atoms with E-state index in [9.17, 15) is 31.2 Å². The van der Waals surface area contributed by atoms with Gasteiger partial charge in [-0.2, -0.15) is 22.7 Å². The molecule has 1 fully saturated rings. The number of sulfonamides is 1. The summed E-state index contributed by atoms with van der Waals surface area (Å²) in [4.78, 5) is 36.5. The molecule has 1 atom stereocenters. The number of aliphatic carboxylic acids is 1. The number of thiophene rings is 1. The average molecular weight is 723 g/mol. The van der Waals surface area contributed by atoms with E-state index in [1.165, 1.54) is 30.5 Å². The van der Waals surface area contributed by atoms with Gasteiger partial charge in [-0.3, -0.25) is 10.1 Å². The molecule has 1 aromatic heterocycles. The Morgan fingerprint density at radius 3 is 2.46 bits per heavy atom. The Morgan fingerprint density at radius 2 is 1.83 bits per heavy atom. The number of anilines is 1. The number of carbonyl (C=O) groups excluding carboxylic acids is 2. The molecule has 48 heavy (non-hydrogen) atoms. The summed E-state index contributed by atoms with van der Waals surface area (Å²) in [6, 6.07) is 20.0. The van der Waals surface area contributed by atoms with E-state index in [0.717, 1.165) is 15.4 Å². The van der Waals surface area contributed by atoms with Crippen LogP contribution in [-0.4, -0.2) is 66.5 Å². The Bertz CT molecular complexity index is 1980. The van der Waals surface area contributed by atoms with Crippen LogP contribution in [0.3, 0.4) is 0 Å². The van der Waals surface area contributed by atoms with E-state index in [0.29, 0.717) is 40.8 Å². The van der Waals surface area contributed by atoms with Crippen LogP contribution in [0.1, 0.15) is 22.4 Å².